The Morgan fingerprint density at radius 3 is 2.32 bits per heavy atom. The van der Waals surface area contributed by atoms with Gasteiger partial charge in [-0.1, -0.05) is 0 Å². The Morgan fingerprint density at radius 1 is 1.00 bits per heavy atom. The lowest BCUT2D eigenvalue weighted by atomic mass is 9.91. The van der Waals surface area contributed by atoms with Crippen molar-refractivity contribution in [1.29, 1.82) is 0 Å². The number of amides is 2. The molecule has 3 N–H and O–H groups in total. The first-order chi connectivity index (χ1) is 10.3. The largest absolute Gasteiger partial charge is 0.444 e. The summed E-state index contributed by atoms with van der Waals surface area (Å²) in [5.74, 6) is 0.0738. The maximum Gasteiger partial charge on any atom is 0.407 e. The normalized spacial score (nSPS) is 25.4. The zero-order chi connectivity index (χ0) is 16.2. The Balaban J connectivity index is 1.67. The fraction of sp³-hybridized carbons (Fsp3) is 0.875. The van der Waals surface area contributed by atoms with E-state index in [0.717, 1.165) is 38.5 Å². The number of hydrogen-bond donors (Lipinski definition) is 3. The molecule has 2 amide bonds. The molecule has 2 saturated carbocycles. The molecule has 0 saturated heterocycles. The first kappa shape index (κ1) is 17.1. The van der Waals surface area contributed by atoms with Gasteiger partial charge in [0.1, 0.15) is 5.60 Å². The van der Waals surface area contributed by atoms with E-state index in [2.05, 4.69) is 16.0 Å². The van der Waals surface area contributed by atoms with Gasteiger partial charge in [0.25, 0.3) is 0 Å². The van der Waals surface area contributed by atoms with Crippen LogP contribution in [0.2, 0.25) is 0 Å². The molecule has 22 heavy (non-hydrogen) atoms. The van der Waals surface area contributed by atoms with Crippen LogP contribution >= 0.6 is 0 Å². The predicted molar refractivity (Wildman–Crippen MR) is 84.6 cm³/mol. The lowest BCUT2D eigenvalue weighted by Gasteiger charge is -2.31. The molecule has 2 fully saturated rings. The molecule has 126 valence electrons. The molecule has 2 unspecified atom stereocenters. The minimum Gasteiger partial charge on any atom is -0.444 e. The molecule has 2 aliphatic rings. The van der Waals surface area contributed by atoms with Gasteiger partial charge in [0.2, 0.25) is 5.91 Å². The van der Waals surface area contributed by atoms with Gasteiger partial charge in [0, 0.05) is 18.1 Å². The van der Waals surface area contributed by atoms with Gasteiger partial charge in [-0.3, -0.25) is 4.79 Å². The summed E-state index contributed by atoms with van der Waals surface area (Å²) >= 11 is 0. The van der Waals surface area contributed by atoms with Crippen LogP contribution in [0.1, 0.15) is 59.3 Å². The van der Waals surface area contributed by atoms with Crippen molar-refractivity contribution in [3.63, 3.8) is 0 Å². The zero-order valence-electron chi connectivity index (χ0n) is 13.9. The van der Waals surface area contributed by atoms with E-state index in [1.165, 1.54) is 0 Å². The van der Waals surface area contributed by atoms with Gasteiger partial charge in [-0.2, -0.15) is 0 Å². The molecular weight excluding hydrogens is 282 g/mol. The lowest BCUT2D eigenvalue weighted by molar-refractivity contribution is -0.120. The van der Waals surface area contributed by atoms with E-state index in [1.807, 2.05) is 20.8 Å². The van der Waals surface area contributed by atoms with Crippen molar-refractivity contribution < 1.29 is 14.3 Å². The quantitative estimate of drug-likeness (QED) is 0.722. The third-order valence-electron chi connectivity index (χ3n) is 3.89. The second-order valence-corrected chi connectivity index (χ2v) is 7.43. The van der Waals surface area contributed by atoms with Gasteiger partial charge in [-0.05, 0) is 59.3 Å². The number of carbonyl (C=O) groups excluding carboxylic acids is 2. The SMILES string of the molecule is CC(C)(C)OC(=O)NC1CCCC(NCC(=O)NC2CC2)C1. The number of alkyl carbamates (subject to hydrolysis) is 1. The van der Waals surface area contributed by atoms with Crippen LogP contribution in [-0.4, -0.2) is 42.3 Å². The Morgan fingerprint density at radius 2 is 1.68 bits per heavy atom. The van der Waals surface area contributed by atoms with Crippen LogP contribution < -0.4 is 16.0 Å². The van der Waals surface area contributed by atoms with Crippen molar-refractivity contribution in [1.82, 2.24) is 16.0 Å². The number of hydrogen-bond acceptors (Lipinski definition) is 4. The molecule has 2 aliphatic carbocycles. The van der Waals surface area contributed by atoms with Crippen molar-refractivity contribution in [2.24, 2.45) is 0 Å². The summed E-state index contributed by atoms with van der Waals surface area (Å²) in [6, 6.07) is 0.800. The second kappa shape index (κ2) is 7.31. The Labute approximate surface area is 132 Å². The van der Waals surface area contributed by atoms with Gasteiger partial charge in [-0.25, -0.2) is 4.79 Å². The highest BCUT2D eigenvalue weighted by atomic mass is 16.6. The van der Waals surface area contributed by atoms with E-state index in [1.54, 1.807) is 0 Å². The smallest absolute Gasteiger partial charge is 0.407 e. The molecule has 0 aromatic heterocycles. The van der Waals surface area contributed by atoms with E-state index >= 15 is 0 Å². The topological polar surface area (TPSA) is 79.5 Å². The second-order valence-electron chi connectivity index (χ2n) is 7.43. The molecule has 0 heterocycles. The molecule has 6 nitrogen and oxygen atoms in total. The summed E-state index contributed by atoms with van der Waals surface area (Å²) in [6.07, 6.45) is 5.76. The van der Waals surface area contributed by atoms with Crippen molar-refractivity contribution in [2.75, 3.05) is 6.54 Å². The number of nitrogens with one attached hydrogen (secondary N) is 3. The number of rotatable bonds is 5. The molecule has 2 atom stereocenters. The summed E-state index contributed by atoms with van der Waals surface area (Å²) in [6.45, 7) is 5.93. The predicted octanol–water partition coefficient (Wildman–Crippen LogP) is 1.69. The summed E-state index contributed by atoms with van der Waals surface area (Å²) in [5.41, 5.74) is -0.475. The highest BCUT2D eigenvalue weighted by Crippen LogP contribution is 2.20. The van der Waals surface area contributed by atoms with Crippen molar-refractivity contribution in [3.05, 3.63) is 0 Å². The van der Waals surface area contributed by atoms with Crippen LogP contribution in [0.4, 0.5) is 4.79 Å². The molecule has 0 spiro atoms. The first-order valence-electron chi connectivity index (χ1n) is 8.34. The van der Waals surface area contributed by atoms with E-state index in [0.29, 0.717) is 12.6 Å². The van der Waals surface area contributed by atoms with Gasteiger partial charge < -0.3 is 20.7 Å². The van der Waals surface area contributed by atoms with Crippen LogP contribution in [0, 0.1) is 0 Å². The van der Waals surface area contributed by atoms with Crippen molar-refractivity contribution >= 4 is 12.0 Å². The maximum absolute atomic E-state index is 11.8. The molecule has 0 aromatic carbocycles. The Kier molecular flexibility index (Phi) is 5.67. The molecule has 2 rings (SSSR count). The molecule has 6 heteroatoms. The van der Waals surface area contributed by atoms with E-state index in [4.69, 9.17) is 4.74 Å². The number of carbonyl (C=O) groups is 2. The average molecular weight is 311 g/mol. The maximum atomic E-state index is 11.8. The summed E-state index contributed by atoms with van der Waals surface area (Å²) < 4.78 is 5.29. The molecule has 0 radical (unpaired) electrons. The van der Waals surface area contributed by atoms with Crippen LogP contribution in [0.3, 0.4) is 0 Å². The lowest BCUT2D eigenvalue weighted by Crippen LogP contribution is -2.47. The van der Waals surface area contributed by atoms with Crippen LogP contribution in [0.5, 0.6) is 0 Å². The van der Waals surface area contributed by atoms with Gasteiger partial charge in [-0.15, -0.1) is 0 Å². The number of ether oxygens (including phenoxy) is 1. The van der Waals surface area contributed by atoms with Crippen molar-refractivity contribution in [2.45, 2.75) is 83.0 Å². The standard InChI is InChI=1S/C16H29N3O3/c1-16(2,3)22-15(21)19-13-6-4-5-12(9-13)17-10-14(20)18-11-7-8-11/h11-13,17H,4-10H2,1-3H3,(H,18,20)(H,19,21). The van der Waals surface area contributed by atoms with Crippen LogP contribution in [-0.2, 0) is 9.53 Å². The summed E-state index contributed by atoms with van der Waals surface area (Å²) in [7, 11) is 0. The molecule has 0 aliphatic heterocycles. The monoisotopic (exact) mass is 311 g/mol. The van der Waals surface area contributed by atoms with Gasteiger partial charge >= 0.3 is 6.09 Å². The third-order valence-corrected chi connectivity index (χ3v) is 3.89. The van der Waals surface area contributed by atoms with E-state index in [9.17, 15) is 9.59 Å². The highest BCUT2D eigenvalue weighted by Gasteiger charge is 2.27. The van der Waals surface area contributed by atoms with Gasteiger partial charge in [0.05, 0.1) is 6.54 Å². The highest BCUT2D eigenvalue weighted by molar-refractivity contribution is 5.78. The van der Waals surface area contributed by atoms with E-state index in [-0.39, 0.29) is 24.1 Å². The molecule has 0 bridgehead atoms. The average Bonchev–Trinajstić information content (AvgIpc) is 3.18. The molecular formula is C16H29N3O3. The Hall–Kier alpha value is -1.30. The Bertz CT molecular complexity index is 402. The summed E-state index contributed by atoms with van der Waals surface area (Å²) in [5, 5.41) is 9.21. The first-order valence-corrected chi connectivity index (χ1v) is 8.34. The summed E-state index contributed by atoms with van der Waals surface area (Å²) in [4.78, 5) is 23.5. The third kappa shape index (κ3) is 6.64. The fourth-order valence-electron chi connectivity index (χ4n) is 2.72. The van der Waals surface area contributed by atoms with E-state index < -0.39 is 5.60 Å². The van der Waals surface area contributed by atoms with Crippen LogP contribution in [0.15, 0.2) is 0 Å². The van der Waals surface area contributed by atoms with Gasteiger partial charge in [0.15, 0.2) is 0 Å². The van der Waals surface area contributed by atoms with Crippen LogP contribution in [0.25, 0.3) is 0 Å². The minimum atomic E-state index is -0.475. The molecule has 0 aromatic rings. The van der Waals surface area contributed by atoms with Crippen molar-refractivity contribution in [3.8, 4) is 0 Å². The minimum absolute atomic E-state index is 0.0738. The fourth-order valence-corrected chi connectivity index (χ4v) is 2.72. The zero-order valence-corrected chi connectivity index (χ0v) is 13.9.